The fraction of sp³-hybridized carbons (Fsp3) is 0.364. The average molecular weight is 256 g/mol. The second-order valence-electron chi connectivity index (χ2n) is 3.65. The highest BCUT2D eigenvalue weighted by molar-refractivity contribution is 5.90. The number of aliphatic hydroxyl groups excluding tert-OH is 1. The molecular formula is C11H13FN2O4. The maximum atomic E-state index is 13.4. The van der Waals surface area contributed by atoms with Crippen LogP contribution < -0.4 is 5.32 Å². The summed E-state index contributed by atoms with van der Waals surface area (Å²) in [5, 5.41) is 21.2. The molecule has 0 saturated heterocycles. The molecule has 0 aliphatic heterocycles. The van der Waals surface area contributed by atoms with Crippen molar-refractivity contribution in [1.29, 1.82) is 0 Å². The Hall–Kier alpha value is -2.02. The Morgan fingerprint density at radius 1 is 1.44 bits per heavy atom. The van der Waals surface area contributed by atoms with Gasteiger partial charge in [0.25, 0.3) is 5.69 Å². The number of amides is 1. The maximum Gasteiger partial charge on any atom is 0.272 e. The molecule has 1 amide bonds. The summed E-state index contributed by atoms with van der Waals surface area (Å²) in [7, 11) is 0. The third kappa shape index (κ3) is 4.10. The smallest absolute Gasteiger partial charge is 0.272 e. The van der Waals surface area contributed by atoms with Crippen molar-refractivity contribution in [2.24, 2.45) is 0 Å². The molecule has 0 saturated carbocycles. The van der Waals surface area contributed by atoms with E-state index in [0.29, 0.717) is 12.8 Å². The van der Waals surface area contributed by atoms with Gasteiger partial charge in [-0.1, -0.05) is 0 Å². The van der Waals surface area contributed by atoms with Crippen LogP contribution in [0.4, 0.5) is 15.8 Å². The predicted octanol–water partition coefficient (Wildman–Crippen LogP) is 1.83. The van der Waals surface area contributed by atoms with E-state index in [-0.39, 0.29) is 24.4 Å². The number of aliphatic hydroxyl groups is 1. The Bertz CT molecular complexity index is 451. The number of nitrogens with one attached hydrogen (secondary N) is 1. The van der Waals surface area contributed by atoms with Crippen molar-refractivity contribution in [2.75, 3.05) is 11.9 Å². The van der Waals surface area contributed by atoms with Gasteiger partial charge >= 0.3 is 0 Å². The van der Waals surface area contributed by atoms with Crippen molar-refractivity contribution in [3.8, 4) is 0 Å². The molecule has 0 aliphatic carbocycles. The summed E-state index contributed by atoms with van der Waals surface area (Å²) in [6, 6.07) is 3.02. The lowest BCUT2D eigenvalue weighted by molar-refractivity contribution is -0.385. The molecule has 2 N–H and O–H groups in total. The first-order valence-corrected chi connectivity index (χ1v) is 5.39. The number of rotatable bonds is 6. The van der Waals surface area contributed by atoms with Gasteiger partial charge in [0.2, 0.25) is 5.91 Å². The van der Waals surface area contributed by atoms with E-state index in [2.05, 4.69) is 5.32 Å². The zero-order valence-corrected chi connectivity index (χ0v) is 9.56. The molecule has 98 valence electrons. The summed E-state index contributed by atoms with van der Waals surface area (Å²) >= 11 is 0. The lowest BCUT2D eigenvalue weighted by Gasteiger charge is -2.05. The minimum atomic E-state index is -0.847. The first kappa shape index (κ1) is 14.0. The zero-order chi connectivity index (χ0) is 13.5. The van der Waals surface area contributed by atoms with Gasteiger partial charge in [-0.25, -0.2) is 4.39 Å². The van der Waals surface area contributed by atoms with E-state index in [0.717, 1.165) is 18.2 Å². The van der Waals surface area contributed by atoms with Crippen molar-refractivity contribution < 1.29 is 19.2 Å². The van der Waals surface area contributed by atoms with E-state index in [1.807, 2.05) is 0 Å². The number of anilines is 1. The highest BCUT2D eigenvalue weighted by atomic mass is 19.1. The number of hydrogen-bond donors (Lipinski definition) is 2. The number of carbonyl (C=O) groups is 1. The van der Waals surface area contributed by atoms with Crippen LogP contribution >= 0.6 is 0 Å². The van der Waals surface area contributed by atoms with Crippen LogP contribution in [0.15, 0.2) is 18.2 Å². The Morgan fingerprint density at radius 2 is 2.17 bits per heavy atom. The Balaban J connectivity index is 2.62. The van der Waals surface area contributed by atoms with Gasteiger partial charge in [-0.05, 0) is 18.9 Å². The van der Waals surface area contributed by atoms with Crippen molar-refractivity contribution in [3.05, 3.63) is 34.1 Å². The fourth-order valence-corrected chi connectivity index (χ4v) is 1.33. The van der Waals surface area contributed by atoms with Crippen LogP contribution in [0.1, 0.15) is 19.3 Å². The first-order chi connectivity index (χ1) is 8.54. The van der Waals surface area contributed by atoms with Crippen LogP contribution in [0, 0.1) is 15.9 Å². The van der Waals surface area contributed by atoms with Gasteiger partial charge in [0.05, 0.1) is 16.7 Å². The molecule has 0 heterocycles. The van der Waals surface area contributed by atoms with Crippen molar-refractivity contribution in [1.82, 2.24) is 0 Å². The van der Waals surface area contributed by atoms with Crippen LogP contribution in [-0.2, 0) is 4.79 Å². The minimum absolute atomic E-state index is 0.000821. The number of hydrogen-bond acceptors (Lipinski definition) is 4. The quantitative estimate of drug-likeness (QED) is 0.461. The largest absolute Gasteiger partial charge is 0.396 e. The van der Waals surface area contributed by atoms with Gasteiger partial charge < -0.3 is 10.4 Å². The molecule has 0 spiro atoms. The van der Waals surface area contributed by atoms with Crippen molar-refractivity contribution in [2.45, 2.75) is 19.3 Å². The van der Waals surface area contributed by atoms with Crippen LogP contribution in [-0.4, -0.2) is 22.5 Å². The molecule has 0 unspecified atom stereocenters. The molecule has 0 radical (unpaired) electrons. The molecule has 18 heavy (non-hydrogen) atoms. The van der Waals surface area contributed by atoms with Crippen molar-refractivity contribution in [3.63, 3.8) is 0 Å². The number of nitrogens with zero attached hydrogens (tertiary/aromatic N) is 1. The number of nitro groups is 1. The van der Waals surface area contributed by atoms with Crippen molar-refractivity contribution >= 4 is 17.3 Å². The Labute approximate surface area is 103 Å². The van der Waals surface area contributed by atoms with Crippen LogP contribution in [0.25, 0.3) is 0 Å². The molecule has 1 aromatic rings. The summed E-state index contributed by atoms with van der Waals surface area (Å²) < 4.78 is 13.4. The van der Waals surface area contributed by atoms with Crippen LogP contribution in [0.3, 0.4) is 0 Å². The van der Waals surface area contributed by atoms with E-state index < -0.39 is 16.6 Å². The Morgan fingerprint density at radius 3 is 2.72 bits per heavy atom. The van der Waals surface area contributed by atoms with Crippen LogP contribution in [0.2, 0.25) is 0 Å². The van der Waals surface area contributed by atoms with E-state index >= 15 is 0 Å². The summed E-state index contributed by atoms with van der Waals surface area (Å²) in [5.74, 6) is -1.24. The van der Waals surface area contributed by atoms with Gasteiger partial charge in [-0.2, -0.15) is 0 Å². The number of unbranched alkanes of at least 4 members (excludes halogenated alkanes) is 1. The summed E-state index contributed by atoms with van der Waals surface area (Å²) in [5.41, 5.74) is -0.458. The van der Waals surface area contributed by atoms with Gasteiger partial charge in [0.1, 0.15) is 0 Å². The molecule has 1 aromatic carbocycles. The van der Waals surface area contributed by atoms with E-state index in [1.54, 1.807) is 0 Å². The fourth-order valence-electron chi connectivity index (χ4n) is 1.33. The summed E-state index contributed by atoms with van der Waals surface area (Å²) in [6.07, 6.45) is 1.16. The van der Waals surface area contributed by atoms with Gasteiger partial charge in [0, 0.05) is 19.1 Å². The van der Waals surface area contributed by atoms with Gasteiger partial charge in [0.15, 0.2) is 5.82 Å². The summed E-state index contributed by atoms with van der Waals surface area (Å²) in [6.45, 7) is -0.000821. The SMILES string of the molecule is O=C(CCCCO)Nc1ccc([N+](=O)[O-])cc1F. The average Bonchev–Trinajstić information content (AvgIpc) is 2.32. The zero-order valence-electron chi connectivity index (χ0n) is 9.56. The third-order valence-corrected chi connectivity index (χ3v) is 2.25. The second kappa shape index (κ2) is 6.65. The van der Waals surface area contributed by atoms with E-state index in [9.17, 15) is 19.3 Å². The molecule has 1 rings (SSSR count). The molecule has 0 bridgehead atoms. The van der Waals surface area contributed by atoms with Gasteiger partial charge in [-0.15, -0.1) is 0 Å². The molecule has 0 atom stereocenters. The number of nitro benzene ring substituents is 1. The molecule has 6 nitrogen and oxygen atoms in total. The lowest BCUT2D eigenvalue weighted by atomic mass is 10.2. The molecule has 0 fully saturated rings. The Kier molecular flexibility index (Phi) is 5.19. The van der Waals surface area contributed by atoms with E-state index in [1.165, 1.54) is 0 Å². The molecule has 0 aromatic heterocycles. The number of non-ortho nitro benzene ring substituents is 1. The number of carbonyl (C=O) groups excluding carboxylic acids is 1. The normalized spacial score (nSPS) is 10.1. The molecule has 7 heteroatoms. The lowest BCUT2D eigenvalue weighted by Crippen LogP contribution is -2.12. The first-order valence-electron chi connectivity index (χ1n) is 5.39. The monoisotopic (exact) mass is 256 g/mol. The second-order valence-corrected chi connectivity index (χ2v) is 3.65. The topological polar surface area (TPSA) is 92.5 Å². The number of benzene rings is 1. The molecular weight excluding hydrogens is 243 g/mol. The highest BCUT2D eigenvalue weighted by Crippen LogP contribution is 2.20. The van der Waals surface area contributed by atoms with Gasteiger partial charge in [-0.3, -0.25) is 14.9 Å². The maximum absolute atomic E-state index is 13.4. The summed E-state index contributed by atoms with van der Waals surface area (Å²) in [4.78, 5) is 21.0. The third-order valence-electron chi connectivity index (χ3n) is 2.25. The number of halogens is 1. The minimum Gasteiger partial charge on any atom is -0.396 e. The van der Waals surface area contributed by atoms with Crippen LogP contribution in [0.5, 0.6) is 0 Å². The predicted molar refractivity (Wildman–Crippen MR) is 62.6 cm³/mol. The highest BCUT2D eigenvalue weighted by Gasteiger charge is 2.12. The molecule has 0 aliphatic rings. The standard InChI is InChI=1S/C11H13FN2O4/c12-9-7-8(14(17)18)4-5-10(9)13-11(16)3-1-2-6-15/h4-5,7,15H,1-3,6H2,(H,13,16). The van der Waals surface area contributed by atoms with E-state index in [4.69, 9.17) is 5.11 Å².